The second-order valence-electron chi connectivity index (χ2n) is 3.37. The summed E-state index contributed by atoms with van der Waals surface area (Å²) in [5.74, 6) is 1.61. The van der Waals surface area contributed by atoms with Crippen LogP contribution in [0, 0.1) is 0 Å². The Balaban J connectivity index is 2.49. The molecule has 0 spiro atoms. The lowest BCUT2D eigenvalue weighted by atomic mass is 10.2. The number of rotatable bonds is 6. The van der Waals surface area contributed by atoms with E-state index < -0.39 is 0 Å². The van der Waals surface area contributed by atoms with E-state index in [2.05, 4.69) is 0 Å². The summed E-state index contributed by atoms with van der Waals surface area (Å²) in [6, 6.07) is 5.51. The highest BCUT2D eigenvalue weighted by Gasteiger charge is 2.06. The van der Waals surface area contributed by atoms with Crippen molar-refractivity contribution in [3.63, 3.8) is 0 Å². The number of carbonyl (C=O) groups excluding carboxylic acids is 1. The third-order valence-electron chi connectivity index (χ3n) is 2.09. The molecule has 94 valence electrons. The first-order valence-electron chi connectivity index (χ1n) is 5.33. The van der Waals surface area contributed by atoms with Gasteiger partial charge in [-0.2, -0.15) is 0 Å². The van der Waals surface area contributed by atoms with E-state index in [4.69, 9.17) is 15.2 Å². The van der Waals surface area contributed by atoms with Crippen LogP contribution in [0.25, 0.3) is 0 Å². The number of nitrogens with two attached hydrogens (primary N) is 1. The largest absolute Gasteiger partial charge is 0.496 e. The normalized spacial score (nSPS) is 10.0. The fourth-order valence-corrected chi connectivity index (χ4v) is 2.14. The van der Waals surface area contributed by atoms with E-state index in [1.807, 2.05) is 12.1 Å². The molecular formula is C12H17NO3S. The summed E-state index contributed by atoms with van der Waals surface area (Å²) < 4.78 is 10.1. The van der Waals surface area contributed by atoms with Gasteiger partial charge in [0.1, 0.15) is 5.75 Å². The Morgan fingerprint density at radius 3 is 2.88 bits per heavy atom. The molecule has 0 unspecified atom stereocenters. The van der Waals surface area contributed by atoms with Crippen molar-refractivity contribution in [2.45, 2.75) is 12.7 Å². The van der Waals surface area contributed by atoms with Crippen LogP contribution in [0.1, 0.15) is 12.5 Å². The zero-order valence-electron chi connectivity index (χ0n) is 10.1. The first-order chi connectivity index (χ1) is 8.17. The summed E-state index contributed by atoms with van der Waals surface area (Å²) in [5, 5.41) is 0. The highest BCUT2D eigenvalue weighted by Crippen LogP contribution is 2.25. The molecule has 17 heavy (non-hydrogen) atoms. The van der Waals surface area contributed by atoms with Crippen LogP contribution >= 0.6 is 11.8 Å². The van der Waals surface area contributed by atoms with Crippen LogP contribution < -0.4 is 10.5 Å². The van der Waals surface area contributed by atoms with Crippen molar-refractivity contribution < 1.29 is 14.3 Å². The molecular weight excluding hydrogens is 238 g/mol. The quantitative estimate of drug-likeness (QED) is 0.623. The summed E-state index contributed by atoms with van der Waals surface area (Å²) in [6.45, 7) is 2.22. The van der Waals surface area contributed by atoms with Gasteiger partial charge in [-0.1, -0.05) is 6.07 Å². The van der Waals surface area contributed by atoms with Gasteiger partial charge >= 0.3 is 5.97 Å². The Morgan fingerprint density at radius 1 is 1.47 bits per heavy atom. The molecule has 0 amide bonds. The smallest absolute Gasteiger partial charge is 0.315 e. The lowest BCUT2D eigenvalue weighted by Gasteiger charge is -2.08. The van der Waals surface area contributed by atoms with Gasteiger partial charge in [0.25, 0.3) is 0 Å². The summed E-state index contributed by atoms with van der Waals surface area (Å²) in [7, 11) is 1.61. The van der Waals surface area contributed by atoms with Gasteiger partial charge in [-0.15, -0.1) is 11.8 Å². The van der Waals surface area contributed by atoms with Crippen molar-refractivity contribution in [2.75, 3.05) is 25.2 Å². The predicted octanol–water partition coefficient (Wildman–Crippen LogP) is 2.07. The van der Waals surface area contributed by atoms with Gasteiger partial charge in [0.05, 0.1) is 19.5 Å². The SMILES string of the molecule is CCOC(=O)CSCc1ccc(N)cc1OC. The molecule has 5 heteroatoms. The topological polar surface area (TPSA) is 61.5 Å². The number of hydrogen-bond acceptors (Lipinski definition) is 5. The third kappa shape index (κ3) is 4.56. The van der Waals surface area contributed by atoms with Crippen LogP contribution in [-0.4, -0.2) is 25.4 Å². The molecule has 0 atom stereocenters. The summed E-state index contributed by atoms with van der Waals surface area (Å²) >= 11 is 1.49. The van der Waals surface area contributed by atoms with Gasteiger partial charge < -0.3 is 15.2 Å². The van der Waals surface area contributed by atoms with Crippen LogP contribution in [-0.2, 0) is 15.3 Å². The molecule has 2 N–H and O–H groups in total. The van der Waals surface area contributed by atoms with E-state index in [1.54, 1.807) is 20.1 Å². The van der Waals surface area contributed by atoms with Crippen molar-refractivity contribution in [1.29, 1.82) is 0 Å². The highest BCUT2D eigenvalue weighted by molar-refractivity contribution is 7.99. The molecule has 0 radical (unpaired) electrons. The van der Waals surface area contributed by atoms with Crippen molar-refractivity contribution >= 4 is 23.4 Å². The van der Waals surface area contributed by atoms with Crippen molar-refractivity contribution in [2.24, 2.45) is 0 Å². The molecule has 0 saturated carbocycles. The molecule has 0 aliphatic heterocycles. The van der Waals surface area contributed by atoms with Crippen LogP contribution in [0.2, 0.25) is 0 Å². The molecule has 0 aliphatic carbocycles. The monoisotopic (exact) mass is 255 g/mol. The maximum Gasteiger partial charge on any atom is 0.315 e. The number of nitrogen functional groups attached to an aromatic ring is 1. The highest BCUT2D eigenvalue weighted by atomic mass is 32.2. The summed E-state index contributed by atoms with van der Waals surface area (Å²) in [6.07, 6.45) is 0. The van der Waals surface area contributed by atoms with Crippen LogP contribution in [0.3, 0.4) is 0 Å². The molecule has 0 heterocycles. The van der Waals surface area contributed by atoms with Gasteiger partial charge in [-0.05, 0) is 13.0 Å². The van der Waals surface area contributed by atoms with Crippen LogP contribution in [0.5, 0.6) is 5.75 Å². The number of methoxy groups -OCH3 is 1. The Hall–Kier alpha value is -1.36. The summed E-state index contributed by atoms with van der Waals surface area (Å²) in [4.78, 5) is 11.1. The van der Waals surface area contributed by atoms with Crippen LogP contribution in [0.15, 0.2) is 18.2 Å². The zero-order valence-corrected chi connectivity index (χ0v) is 10.9. The molecule has 0 aromatic heterocycles. The maximum atomic E-state index is 11.1. The number of carbonyl (C=O) groups is 1. The van der Waals surface area contributed by atoms with Gasteiger partial charge in [0.2, 0.25) is 0 Å². The molecule has 0 fully saturated rings. The third-order valence-corrected chi connectivity index (χ3v) is 3.05. The minimum Gasteiger partial charge on any atom is -0.496 e. The second-order valence-corrected chi connectivity index (χ2v) is 4.35. The Labute approximate surface area is 105 Å². The van der Waals surface area contributed by atoms with Crippen molar-refractivity contribution in [3.05, 3.63) is 23.8 Å². The number of anilines is 1. The first kappa shape index (κ1) is 13.7. The van der Waals surface area contributed by atoms with Gasteiger partial charge in [-0.3, -0.25) is 4.79 Å². The molecule has 1 aromatic carbocycles. The van der Waals surface area contributed by atoms with E-state index in [1.165, 1.54) is 11.8 Å². The predicted molar refractivity (Wildman–Crippen MR) is 70.2 cm³/mol. The van der Waals surface area contributed by atoms with E-state index in [-0.39, 0.29) is 5.97 Å². The van der Waals surface area contributed by atoms with Gasteiger partial charge in [0.15, 0.2) is 0 Å². The average molecular weight is 255 g/mol. The minimum atomic E-state index is -0.188. The molecule has 4 nitrogen and oxygen atoms in total. The van der Waals surface area contributed by atoms with Crippen LogP contribution in [0.4, 0.5) is 5.69 Å². The van der Waals surface area contributed by atoms with E-state index in [9.17, 15) is 4.79 Å². The maximum absolute atomic E-state index is 11.1. The Bertz CT molecular complexity index is 382. The Morgan fingerprint density at radius 2 is 2.24 bits per heavy atom. The number of ether oxygens (including phenoxy) is 2. The van der Waals surface area contributed by atoms with E-state index >= 15 is 0 Å². The van der Waals surface area contributed by atoms with Crippen molar-refractivity contribution in [3.8, 4) is 5.75 Å². The van der Waals surface area contributed by atoms with E-state index in [0.717, 1.165) is 11.3 Å². The molecule has 1 rings (SSSR count). The fourth-order valence-electron chi connectivity index (χ4n) is 1.33. The number of benzene rings is 1. The van der Waals surface area contributed by atoms with E-state index in [0.29, 0.717) is 23.8 Å². The fraction of sp³-hybridized carbons (Fsp3) is 0.417. The summed E-state index contributed by atoms with van der Waals surface area (Å²) in [5.41, 5.74) is 7.35. The molecule has 1 aromatic rings. The molecule has 0 aliphatic rings. The lowest BCUT2D eigenvalue weighted by Crippen LogP contribution is -2.06. The first-order valence-corrected chi connectivity index (χ1v) is 6.48. The molecule has 0 saturated heterocycles. The number of hydrogen-bond donors (Lipinski definition) is 1. The second kappa shape index (κ2) is 7.06. The minimum absolute atomic E-state index is 0.188. The lowest BCUT2D eigenvalue weighted by molar-refractivity contribution is -0.139. The zero-order chi connectivity index (χ0) is 12.7. The standard InChI is InChI=1S/C12H17NO3S/c1-3-16-12(14)8-17-7-9-4-5-10(13)6-11(9)15-2/h4-6H,3,7-8,13H2,1-2H3. The average Bonchev–Trinajstić information content (AvgIpc) is 2.31. The van der Waals surface area contributed by atoms with Gasteiger partial charge in [-0.25, -0.2) is 0 Å². The number of esters is 1. The van der Waals surface area contributed by atoms with Crippen molar-refractivity contribution in [1.82, 2.24) is 0 Å². The number of thioether (sulfide) groups is 1. The van der Waals surface area contributed by atoms with Gasteiger partial charge in [0, 0.05) is 23.1 Å². The Kier molecular flexibility index (Phi) is 5.69. The molecule has 0 bridgehead atoms.